The third-order valence-corrected chi connectivity index (χ3v) is 3.29. The first-order chi connectivity index (χ1) is 9.90. The van der Waals surface area contributed by atoms with Crippen molar-refractivity contribution in [3.8, 4) is 0 Å². The standard InChI is InChI=1S/C16H23N3O2/c1-16(2,3)17-9-13(20)11-19-10-12(8-18-21)14-6-4-5-7-15(14)19/h4-8,10,13,17,20-21H,9,11H2,1-3H3. The van der Waals surface area contributed by atoms with Crippen LogP contribution in [-0.2, 0) is 6.54 Å². The zero-order valence-electron chi connectivity index (χ0n) is 12.7. The van der Waals surface area contributed by atoms with Gasteiger partial charge in [0.15, 0.2) is 0 Å². The van der Waals surface area contributed by atoms with Gasteiger partial charge >= 0.3 is 0 Å². The van der Waals surface area contributed by atoms with Crippen molar-refractivity contribution in [2.45, 2.75) is 39.0 Å². The molecule has 0 aliphatic carbocycles. The van der Waals surface area contributed by atoms with E-state index >= 15 is 0 Å². The van der Waals surface area contributed by atoms with Crippen LogP contribution < -0.4 is 5.32 Å². The Bertz CT molecular complexity index is 626. The fourth-order valence-electron chi connectivity index (χ4n) is 2.31. The number of aromatic nitrogens is 1. The normalized spacial score (nSPS) is 14.1. The Kier molecular flexibility index (Phi) is 4.65. The molecular weight excluding hydrogens is 266 g/mol. The Morgan fingerprint density at radius 1 is 1.33 bits per heavy atom. The first-order valence-electron chi connectivity index (χ1n) is 7.09. The van der Waals surface area contributed by atoms with Crippen LogP contribution in [-0.4, -0.2) is 39.3 Å². The molecule has 1 unspecified atom stereocenters. The molecule has 2 aromatic rings. The molecule has 0 saturated carbocycles. The van der Waals surface area contributed by atoms with Crippen LogP contribution in [0, 0.1) is 0 Å². The number of oxime groups is 1. The molecule has 1 aromatic heterocycles. The second-order valence-electron chi connectivity index (χ2n) is 6.28. The van der Waals surface area contributed by atoms with Gasteiger partial charge < -0.3 is 20.2 Å². The number of nitrogens with zero attached hydrogens (tertiary/aromatic N) is 2. The van der Waals surface area contributed by atoms with Crippen LogP contribution in [0.15, 0.2) is 35.6 Å². The van der Waals surface area contributed by atoms with Crippen LogP contribution >= 0.6 is 0 Å². The van der Waals surface area contributed by atoms with Gasteiger partial charge in [0.2, 0.25) is 0 Å². The van der Waals surface area contributed by atoms with E-state index in [1.54, 1.807) is 0 Å². The monoisotopic (exact) mass is 289 g/mol. The summed E-state index contributed by atoms with van der Waals surface area (Å²) in [5, 5.41) is 26.3. The number of rotatable bonds is 5. The van der Waals surface area contributed by atoms with Crippen LogP contribution in [0.3, 0.4) is 0 Å². The van der Waals surface area contributed by atoms with E-state index in [0.29, 0.717) is 13.1 Å². The Morgan fingerprint density at radius 3 is 2.71 bits per heavy atom. The Hall–Kier alpha value is -1.85. The average Bonchev–Trinajstić information content (AvgIpc) is 2.75. The lowest BCUT2D eigenvalue weighted by molar-refractivity contribution is 0.143. The minimum absolute atomic E-state index is 0.0194. The van der Waals surface area contributed by atoms with Crippen LogP contribution in [0.1, 0.15) is 26.3 Å². The Morgan fingerprint density at radius 2 is 2.05 bits per heavy atom. The van der Waals surface area contributed by atoms with E-state index in [2.05, 4.69) is 31.2 Å². The van der Waals surface area contributed by atoms with Gasteiger partial charge in [0.25, 0.3) is 0 Å². The van der Waals surface area contributed by atoms with E-state index in [9.17, 15) is 5.11 Å². The number of benzene rings is 1. The summed E-state index contributed by atoms with van der Waals surface area (Å²) in [5.74, 6) is 0. The summed E-state index contributed by atoms with van der Waals surface area (Å²) in [6.45, 7) is 7.23. The molecule has 1 aromatic carbocycles. The largest absolute Gasteiger partial charge is 0.411 e. The third-order valence-electron chi connectivity index (χ3n) is 3.29. The lowest BCUT2D eigenvalue weighted by Gasteiger charge is -2.23. The van der Waals surface area contributed by atoms with Gasteiger partial charge in [-0.2, -0.15) is 0 Å². The number of aliphatic hydroxyl groups is 1. The zero-order valence-corrected chi connectivity index (χ0v) is 12.7. The molecule has 1 heterocycles. The molecular formula is C16H23N3O2. The van der Waals surface area contributed by atoms with E-state index < -0.39 is 6.10 Å². The lowest BCUT2D eigenvalue weighted by atomic mass is 10.1. The van der Waals surface area contributed by atoms with Crippen molar-refractivity contribution in [3.05, 3.63) is 36.0 Å². The molecule has 0 aliphatic heterocycles. The third kappa shape index (κ3) is 4.06. The molecule has 2 rings (SSSR count). The maximum absolute atomic E-state index is 10.2. The molecule has 0 aliphatic rings. The maximum atomic E-state index is 10.2. The van der Waals surface area contributed by atoms with Crippen LogP contribution in [0.2, 0.25) is 0 Å². The van der Waals surface area contributed by atoms with Crippen molar-refractivity contribution in [1.29, 1.82) is 0 Å². The highest BCUT2D eigenvalue weighted by molar-refractivity contribution is 5.99. The molecule has 5 heteroatoms. The van der Waals surface area contributed by atoms with E-state index in [-0.39, 0.29) is 5.54 Å². The Labute approximate surface area is 124 Å². The average molecular weight is 289 g/mol. The summed E-state index contributed by atoms with van der Waals surface area (Å²) in [6, 6.07) is 7.87. The first-order valence-corrected chi connectivity index (χ1v) is 7.09. The summed E-state index contributed by atoms with van der Waals surface area (Å²) in [4.78, 5) is 0. The highest BCUT2D eigenvalue weighted by Crippen LogP contribution is 2.20. The number of aliphatic hydroxyl groups excluding tert-OH is 1. The molecule has 0 bridgehead atoms. The molecule has 0 radical (unpaired) electrons. The summed E-state index contributed by atoms with van der Waals surface area (Å²) in [5.41, 5.74) is 1.83. The molecule has 1 atom stereocenters. The van der Waals surface area contributed by atoms with Gasteiger partial charge in [-0.1, -0.05) is 23.4 Å². The number of β-amino-alcohol motifs (C(OH)–C–C–N with tert-alkyl or cyclic N) is 1. The minimum atomic E-state index is -0.487. The second-order valence-corrected chi connectivity index (χ2v) is 6.28. The van der Waals surface area contributed by atoms with E-state index in [4.69, 9.17) is 5.21 Å². The molecule has 21 heavy (non-hydrogen) atoms. The van der Waals surface area contributed by atoms with Gasteiger partial charge in [-0.3, -0.25) is 0 Å². The second kappa shape index (κ2) is 6.28. The van der Waals surface area contributed by atoms with E-state index in [0.717, 1.165) is 16.5 Å². The number of fused-ring (bicyclic) bond motifs is 1. The number of nitrogens with one attached hydrogen (secondary N) is 1. The van der Waals surface area contributed by atoms with Gasteiger partial charge in [-0.05, 0) is 26.8 Å². The van der Waals surface area contributed by atoms with Crippen LogP contribution in [0.5, 0.6) is 0 Å². The molecule has 3 N–H and O–H groups in total. The summed E-state index contributed by atoms with van der Waals surface area (Å²) in [7, 11) is 0. The minimum Gasteiger partial charge on any atom is -0.411 e. The predicted molar refractivity (Wildman–Crippen MR) is 85.1 cm³/mol. The van der Waals surface area contributed by atoms with Gasteiger partial charge in [-0.25, -0.2) is 0 Å². The molecule has 0 amide bonds. The SMILES string of the molecule is CC(C)(C)NCC(O)Cn1cc(C=NO)c2ccccc21. The van der Waals surface area contributed by atoms with Gasteiger partial charge in [-0.15, -0.1) is 0 Å². The molecule has 0 saturated heterocycles. The van der Waals surface area contributed by atoms with E-state index in [1.165, 1.54) is 6.21 Å². The van der Waals surface area contributed by atoms with Gasteiger partial charge in [0.05, 0.1) is 12.3 Å². The van der Waals surface area contributed by atoms with Crippen molar-refractivity contribution in [3.63, 3.8) is 0 Å². The topological polar surface area (TPSA) is 69.8 Å². The van der Waals surface area contributed by atoms with Crippen molar-refractivity contribution >= 4 is 17.1 Å². The smallest absolute Gasteiger partial charge is 0.0843 e. The zero-order chi connectivity index (χ0) is 15.5. The first kappa shape index (κ1) is 15.5. The predicted octanol–water partition coefficient (Wildman–Crippen LogP) is 2.20. The van der Waals surface area contributed by atoms with Gasteiger partial charge in [0, 0.05) is 41.3 Å². The fourth-order valence-corrected chi connectivity index (χ4v) is 2.31. The lowest BCUT2D eigenvalue weighted by Crippen LogP contribution is -2.41. The highest BCUT2D eigenvalue weighted by Gasteiger charge is 2.14. The van der Waals surface area contributed by atoms with Crippen molar-refractivity contribution in [1.82, 2.24) is 9.88 Å². The van der Waals surface area contributed by atoms with Crippen molar-refractivity contribution in [2.24, 2.45) is 5.16 Å². The molecule has 114 valence electrons. The van der Waals surface area contributed by atoms with Crippen molar-refractivity contribution in [2.75, 3.05) is 6.54 Å². The van der Waals surface area contributed by atoms with Gasteiger partial charge in [0.1, 0.15) is 0 Å². The quantitative estimate of drug-likeness (QED) is 0.449. The molecule has 5 nitrogen and oxygen atoms in total. The molecule has 0 fully saturated rings. The maximum Gasteiger partial charge on any atom is 0.0843 e. The summed E-state index contributed by atoms with van der Waals surface area (Å²) in [6.07, 6.45) is 2.82. The Balaban J connectivity index is 2.18. The number of hydrogen-bond acceptors (Lipinski definition) is 4. The highest BCUT2D eigenvalue weighted by atomic mass is 16.4. The molecule has 0 spiro atoms. The number of para-hydroxylation sites is 1. The van der Waals surface area contributed by atoms with Crippen molar-refractivity contribution < 1.29 is 10.3 Å². The van der Waals surface area contributed by atoms with Crippen LogP contribution in [0.25, 0.3) is 10.9 Å². The summed E-state index contributed by atoms with van der Waals surface area (Å²) >= 11 is 0. The summed E-state index contributed by atoms with van der Waals surface area (Å²) < 4.78 is 1.99. The van der Waals surface area contributed by atoms with Crippen LogP contribution in [0.4, 0.5) is 0 Å². The van der Waals surface area contributed by atoms with E-state index in [1.807, 2.05) is 35.0 Å². The fraction of sp³-hybridized carbons (Fsp3) is 0.438. The number of hydrogen-bond donors (Lipinski definition) is 3.